The second kappa shape index (κ2) is 6.10. The molecule has 0 radical (unpaired) electrons. The van der Waals surface area contributed by atoms with E-state index in [1.165, 1.54) is 0 Å². The maximum atomic E-state index is 11.6. The van der Waals surface area contributed by atoms with Crippen molar-refractivity contribution in [3.63, 3.8) is 0 Å². The van der Waals surface area contributed by atoms with Crippen molar-refractivity contribution in [2.45, 2.75) is 6.42 Å². The van der Waals surface area contributed by atoms with Crippen molar-refractivity contribution in [2.75, 3.05) is 16.4 Å². The topological polar surface area (TPSA) is 46.2 Å². The van der Waals surface area contributed by atoms with E-state index in [1.54, 1.807) is 18.2 Å². The van der Waals surface area contributed by atoms with Crippen molar-refractivity contribution in [3.8, 4) is 0 Å². The van der Waals surface area contributed by atoms with E-state index in [-0.39, 0.29) is 5.75 Å². The van der Waals surface area contributed by atoms with Crippen LogP contribution in [0.15, 0.2) is 22.7 Å². The largest absolute Gasteiger partial charge is 0.282 e. The van der Waals surface area contributed by atoms with Crippen LogP contribution in [-0.4, -0.2) is 20.1 Å². The minimum atomic E-state index is -3.34. The molecule has 0 spiro atoms. The van der Waals surface area contributed by atoms with Crippen LogP contribution in [0.2, 0.25) is 5.02 Å². The van der Waals surface area contributed by atoms with Crippen LogP contribution in [0.1, 0.15) is 6.42 Å². The molecule has 0 atom stereocenters. The summed E-state index contributed by atoms with van der Waals surface area (Å²) in [6.07, 6.45) is 0.419. The smallest absolute Gasteiger partial charge is 0.232 e. The Bertz CT molecular complexity index is 465. The molecule has 0 unspecified atom stereocenters. The summed E-state index contributed by atoms with van der Waals surface area (Å²) in [5.41, 5.74) is 0.471. The van der Waals surface area contributed by atoms with Crippen LogP contribution < -0.4 is 4.72 Å². The van der Waals surface area contributed by atoms with Gasteiger partial charge < -0.3 is 0 Å². The van der Waals surface area contributed by atoms with Crippen LogP contribution in [0.4, 0.5) is 5.69 Å². The third-order valence-corrected chi connectivity index (χ3v) is 4.26. The normalized spacial score (nSPS) is 11.4. The SMILES string of the molecule is O=S(=O)(CCCCl)Nc1ccc(Cl)cc1Br. The predicted octanol–water partition coefficient (Wildman–Crippen LogP) is 3.47. The molecule has 1 rings (SSSR count). The van der Waals surface area contributed by atoms with Crippen molar-refractivity contribution in [1.82, 2.24) is 0 Å². The molecule has 0 fully saturated rings. The number of hydrogen-bond donors (Lipinski definition) is 1. The van der Waals surface area contributed by atoms with Crippen LogP contribution in [0.3, 0.4) is 0 Å². The number of alkyl halides is 1. The zero-order valence-electron chi connectivity index (χ0n) is 8.21. The summed E-state index contributed by atoms with van der Waals surface area (Å²) in [7, 11) is -3.34. The van der Waals surface area contributed by atoms with E-state index < -0.39 is 10.0 Å². The third kappa shape index (κ3) is 4.49. The Hall–Kier alpha value is 0.0300. The van der Waals surface area contributed by atoms with E-state index in [4.69, 9.17) is 23.2 Å². The summed E-state index contributed by atoms with van der Waals surface area (Å²) < 4.78 is 26.2. The van der Waals surface area contributed by atoms with E-state index in [2.05, 4.69) is 20.7 Å². The highest BCUT2D eigenvalue weighted by Crippen LogP contribution is 2.26. The van der Waals surface area contributed by atoms with E-state index >= 15 is 0 Å². The molecule has 7 heteroatoms. The lowest BCUT2D eigenvalue weighted by atomic mass is 10.3. The van der Waals surface area contributed by atoms with E-state index in [1.807, 2.05) is 0 Å². The summed E-state index contributed by atoms with van der Waals surface area (Å²) in [4.78, 5) is 0. The number of benzene rings is 1. The van der Waals surface area contributed by atoms with Crippen molar-refractivity contribution in [1.29, 1.82) is 0 Å². The number of rotatable bonds is 5. The van der Waals surface area contributed by atoms with Gasteiger partial charge in [0.2, 0.25) is 10.0 Å². The van der Waals surface area contributed by atoms with Gasteiger partial charge in [0.05, 0.1) is 11.4 Å². The number of nitrogens with one attached hydrogen (secondary N) is 1. The highest BCUT2D eigenvalue weighted by atomic mass is 79.9. The number of anilines is 1. The Morgan fingerprint density at radius 2 is 2.06 bits per heavy atom. The van der Waals surface area contributed by atoms with Crippen LogP contribution in [0.25, 0.3) is 0 Å². The molecule has 0 aromatic heterocycles. The van der Waals surface area contributed by atoms with Gasteiger partial charge in [0.15, 0.2) is 0 Å². The fourth-order valence-corrected chi connectivity index (χ4v) is 3.38. The molecule has 0 amide bonds. The van der Waals surface area contributed by atoms with Gasteiger partial charge in [-0.15, -0.1) is 11.6 Å². The molecule has 0 aliphatic carbocycles. The summed E-state index contributed by atoms with van der Waals surface area (Å²) in [6, 6.07) is 4.84. The Labute approximate surface area is 113 Å². The molecule has 1 aromatic carbocycles. The lowest BCUT2D eigenvalue weighted by Crippen LogP contribution is -2.17. The van der Waals surface area contributed by atoms with Gasteiger partial charge in [-0.2, -0.15) is 0 Å². The molecule has 16 heavy (non-hydrogen) atoms. The van der Waals surface area contributed by atoms with Crippen LogP contribution in [-0.2, 0) is 10.0 Å². The van der Waals surface area contributed by atoms with Gasteiger partial charge >= 0.3 is 0 Å². The minimum Gasteiger partial charge on any atom is -0.282 e. The molecule has 0 aliphatic heterocycles. The Kier molecular flexibility index (Phi) is 5.37. The molecule has 90 valence electrons. The van der Waals surface area contributed by atoms with Gasteiger partial charge in [0.25, 0.3) is 0 Å². The molecule has 1 N–H and O–H groups in total. The van der Waals surface area contributed by atoms with Gasteiger partial charge in [-0.05, 0) is 40.5 Å². The Morgan fingerprint density at radius 1 is 1.38 bits per heavy atom. The van der Waals surface area contributed by atoms with Crippen LogP contribution >= 0.6 is 39.1 Å². The molecule has 0 aliphatic rings. The average molecular weight is 347 g/mol. The molecule has 3 nitrogen and oxygen atoms in total. The summed E-state index contributed by atoms with van der Waals surface area (Å²) in [6.45, 7) is 0. The van der Waals surface area contributed by atoms with Gasteiger partial charge in [-0.1, -0.05) is 11.6 Å². The quantitative estimate of drug-likeness (QED) is 0.829. The van der Waals surface area contributed by atoms with Crippen molar-refractivity contribution in [3.05, 3.63) is 27.7 Å². The van der Waals surface area contributed by atoms with Gasteiger partial charge in [0, 0.05) is 15.4 Å². The Morgan fingerprint density at radius 3 is 2.62 bits per heavy atom. The molecular formula is C9H10BrCl2NO2S. The van der Waals surface area contributed by atoms with E-state index in [0.29, 0.717) is 27.5 Å². The zero-order valence-corrected chi connectivity index (χ0v) is 12.1. The van der Waals surface area contributed by atoms with Crippen LogP contribution in [0, 0.1) is 0 Å². The van der Waals surface area contributed by atoms with Gasteiger partial charge in [-0.3, -0.25) is 4.72 Å². The fourth-order valence-electron chi connectivity index (χ4n) is 1.04. The van der Waals surface area contributed by atoms with E-state index in [9.17, 15) is 8.42 Å². The minimum absolute atomic E-state index is 0.00552. The van der Waals surface area contributed by atoms with E-state index in [0.717, 1.165) is 0 Å². The maximum Gasteiger partial charge on any atom is 0.232 e. The van der Waals surface area contributed by atoms with Crippen molar-refractivity contribution in [2.24, 2.45) is 0 Å². The predicted molar refractivity (Wildman–Crippen MR) is 71.9 cm³/mol. The lowest BCUT2D eigenvalue weighted by molar-refractivity contribution is 0.600. The molecule has 0 bridgehead atoms. The molecule has 1 aromatic rings. The Balaban J connectivity index is 2.80. The molecular weight excluding hydrogens is 337 g/mol. The first kappa shape index (κ1) is 14.1. The highest BCUT2D eigenvalue weighted by Gasteiger charge is 2.11. The van der Waals surface area contributed by atoms with Gasteiger partial charge in [0.1, 0.15) is 0 Å². The van der Waals surface area contributed by atoms with Crippen molar-refractivity contribution < 1.29 is 8.42 Å². The summed E-state index contributed by atoms with van der Waals surface area (Å²) >= 11 is 14.4. The molecule has 0 saturated carbocycles. The first-order valence-corrected chi connectivity index (χ1v) is 7.82. The summed E-state index contributed by atoms with van der Waals surface area (Å²) in [5.74, 6) is 0.328. The average Bonchev–Trinajstić information content (AvgIpc) is 2.19. The monoisotopic (exact) mass is 345 g/mol. The second-order valence-corrected chi connectivity index (χ2v) is 6.60. The van der Waals surface area contributed by atoms with Crippen LogP contribution in [0.5, 0.6) is 0 Å². The first-order chi connectivity index (χ1) is 7.44. The number of sulfonamides is 1. The zero-order chi connectivity index (χ0) is 12.2. The highest BCUT2D eigenvalue weighted by molar-refractivity contribution is 9.10. The molecule has 0 saturated heterocycles. The standard InChI is InChI=1S/C9H10BrCl2NO2S/c10-8-6-7(12)2-3-9(8)13-16(14,15)5-1-4-11/h2-3,6,13H,1,4-5H2. The fraction of sp³-hybridized carbons (Fsp3) is 0.333. The summed E-state index contributed by atoms with van der Waals surface area (Å²) in [5, 5.41) is 0.538. The number of hydrogen-bond acceptors (Lipinski definition) is 2. The number of halogens is 3. The molecule has 0 heterocycles. The third-order valence-electron chi connectivity index (χ3n) is 1.74. The second-order valence-electron chi connectivity index (χ2n) is 3.09. The van der Waals surface area contributed by atoms with Gasteiger partial charge in [-0.25, -0.2) is 8.42 Å². The lowest BCUT2D eigenvalue weighted by Gasteiger charge is -2.09. The first-order valence-electron chi connectivity index (χ1n) is 4.46. The maximum absolute atomic E-state index is 11.6. The van der Waals surface area contributed by atoms with Crippen molar-refractivity contribution >= 4 is 54.8 Å².